The topological polar surface area (TPSA) is 192 Å². The summed E-state index contributed by atoms with van der Waals surface area (Å²) in [5, 5.41) is 24.8. The average Bonchev–Trinajstić information content (AvgIpc) is 1.46. The highest BCUT2D eigenvalue weighted by Gasteiger charge is 2.20. The zero-order chi connectivity index (χ0) is 66.1. The number of nitrogens with one attached hydrogen (secondary N) is 1. The lowest BCUT2D eigenvalue weighted by molar-refractivity contribution is 0.0509. The second kappa shape index (κ2) is 44.0. The maximum Gasteiger partial charge on any atom is 0.358 e. The van der Waals surface area contributed by atoms with Gasteiger partial charge in [0.2, 0.25) is 17.6 Å². The monoisotopic (exact) mass is 1360 g/mol. The van der Waals surface area contributed by atoms with Crippen LogP contribution in [0.2, 0.25) is 0 Å². The summed E-state index contributed by atoms with van der Waals surface area (Å²) in [7, 11) is 0. The fourth-order valence-electron chi connectivity index (χ4n) is 7.81. The van der Waals surface area contributed by atoms with Crippen LogP contribution in [0, 0.1) is 76.0 Å². The third-order valence-corrected chi connectivity index (χ3v) is 12.8. The van der Waals surface area contributed by atoms with Crippen molar-refractivity contribution in [3.8, 4) is 17.6 Å². The molecule has 0 aliphatic rings. The van der Waals surface area contributed by atoms with E-state index in [2.05, 4.69) is 68.9 Å². The number of ether oxygens (including phenoxy) is 5. The van der Waals surface area contributed by atoms with E-state index in [0.717, 1.165) is 62.4 Å². The summed E-state index contributed by atoms with van der Waals surface area (Å²) in [6.07, 6.45) is 5.23. The third kappa shape index (κ3) is 28.9. The van der Waals surface area contributed by atoms with Crippen LogP contribution in [0.25, 0.3) is 0 Å². The van der Waals surface area contributed by atoms with E-state index < -0.39 is 64.3 Å². The Bertz CT molecular complexity index is 3420. The van der Waals surface area contributed by atoms with Crippen LogP contribution >= 0.6 is 12.4 Å². The summed E-state index contributed by atoms with van der Waals surface area (Å²) in [6.45, 7) is 23.9. The number of rotatable bonds is 28. The standard InChI is InChI=1S/C18H21F3N2O3.C18H23F3N2O.C16H19F3N2O2.C11H18N2O3.4CH4.ClH/c1-4-25-18(24)16-9-17(23(22-16)6-5-11(2)3)26-10-12-7-14(20)15(21)8-13(12)19;1-4-5-14-9-18(23(22-14)7-6-12(2)3)24-11-13-8-16(20)17(21)10-15(13)19;1-10(2)3-4-21-16(6-12(8-22)20-21)23-9-11-5-14(18)15(19)7-13(11)17;1-4-16-11(15)9-7-10(14)13(12-9)6-5-8(2)3;;;;;/h7-9,11H,4-6,10H2,1-3H3;8-10,12H,4-7,11H2,1-3H3;5-7,10,22H,3-4,8-9H2,1-2H3;7-8,12H,4-6H2,1-3H3;4*1H4;1H. The van der Waals surface area contributed by atoms with Gasteiger partial charge in [0.15, 0.2) is 40.6 Å². The van der Waals surface area contributed by atoms with E-state index in [1.807, 2.05) is 19.9 Å². The van der Waals surface area contributed by atoms with Crippen LogP contribution in [0.5, 0.6) is 17.6 Å². The van der Waals surface area contributed by atoms with Gasteiger partial charge >= 0.3 is 11.9 Å². The molecule has 4 aromatic heterocycles. The Balaban J connectivity index is 0. The molecule has 0 saturated heterocycles. The number of aliphatic hydroxyl groups is 1. The van der Waals surface area contributed by atoms with Crippen molar-refractivity contribution in [2.45, 2.75) is 197 Å². The molecule has 17 nitrogen and oxygen atoms in total. The molecule has 0 aliphatic carbocycles. The van der Waals surface area contributed by atoms with E-state index in [4.69, 9.17) is 28.8 Å². The smallest absolute Gasteiger partial charge is 0.358 e. The first kappa shape index (κ1) is 88.3. The van der Waals surface area contributed by atoms with Crippen molar-refractivity contribution in [1.82, 2.24) is 39.1 Å². The Morgan fingerprint density at radius 2 is 0.809 bits per heavy atom. The number of benzene rings is 3. The zero-order valence-corrected chi connectivity index (χ0v) is 53.4. The fourth-order valence-corrected chi connectivity index (χ4v) is 7.81. The lowest BCUT2D eigenvalue weighted by Crippen LogP contribution is -2.17. The summed E-state index contributed by atoms with van der Waals surface area (Å²) in [4.78, 5) is 34.7. The maximum absolute atomic E-state index is 13.7. The number of halogens is 10. The molecule has 3 aromatic carbocycles. The Morgan fingerprint density at radius 1 is 0.468 bits per heavy atom. The number of carbonyl (C=O) groups is 2. The normalized spacial score (nSPS) is 10.5. The lowest BCUT2D eigenvalue weighted by Gasteiger charge is -2.11. The summed E-state index contributed by atoms with van der Waals surface area (Å²) >= 11 is 0. The molecule has 0 atom stereocenters. The molecule has 27 heteroatoms. The molecule has 7 rings (SSSR count). The van der Waals surface area contributed by atoms with Crippen molar-refractivity contribution < 1.29 is 77.9 Å². The summed E-state index contributed by atoms with van der Waals surface area (Å²) in [5.74, 6) is -7.83. The van der Waals surface area contributed by atoms with Gasteiger partial charge in [-0.05, 0) is 87.8 Å². The fraction of sp³-hybridized carbons (Fsp3) is 0.522. The van der Waals surface area contributed by atoms with Crippen molar-refractivity contribution in [1.29, 1.82) is 0 Å². The van der Waals surface area contributed by atoms with E-state index >= 15 is 0 Å². The molecule has 94 heavy (non-hydrogen) atoms. The van der Waals surface area contributed by atoms with Gasteiger partial charge in [-0.15, -0.1) is 12.4 Å². The van der Waals surface area contributed by atoms with Gasteiger partial charge in [-0.2, -0.15) is 15.3 Å². The van der Waals surface area contributed by atoms with Gasteiger partial charge in [0, 0.05) is 85.3 Å². The van der Waals surface area contributed by atoms with Crippen molar-refractivity contribution >= 4 is 24.3 Å². The predicted octanol–water partition coefficient (Wildman–Crippen LogP) is 16.8. The molecule has 0 fully saturated rings. The van der Waals surface area contributed by atoms with Crippen molar-refractivity contribution in [2.75, 3.05) is 13.2 Å². The van der Waals surface area contributed by atoms with Gasteiger partial charge in [-0.25, -0.2) is 63.1 Å². The molecule has 0 bridgehead atoms. The minimum Gasteiger partial charge on any atom is -0.473 e. The average molecular weight is 1370 g/mol. The van der Waals surface area contributed by atoms with Crippen molar-refractivity contribution in [3.05, 3.63) is 163 Å². The minimum absolute atomic E-state index is 0. The van der Waals surface area contributed by atoms with Crippen LogP contribution in [0.3, 0.4) is 0 Å². The number of aryl methyl sites for hydroxylation is 5. The number of esters is 2. The number of H-pyrrole nitrogens is 1. The Kier molecular flexibility index (Phi) is 41.4. The number of hydrogen-bond donors (Lipinski definition) is 2. The number of carbonyl (C=O) groups excluding carboxylic acids is 2. The summed E-state index contributed by atoms with van der Waals surface area (Å²) < 4.78 is 152. The van der Waals surface area contributed by atoms with Crippen molar-refractivity contribution in [3.63, 3.8) is 0 Å². The number of hydrogen-bond acceptors (Lipinski definition) is 12. The maximum atomic E-state index is 13.7. The second-order valence-electron chi connectivity index (χ2n) is 22.2. The van der Waals surface area contributed by atoms with E-state index in [9.17, 15) is 53.9 Å². The predicted molar refractivity (Wildman–Crippen MR) is 348 cm³/mol. The van der Waals surface area contributed by atoms with Gasteiger partial charge < -0.3 is 28.8 Å². The largest absolute Gasteiger partial charge is 0.473 e. The molecule has 0 saturated carbocycles. The number of aromatic amines is 1. The molecule has 0 amide bonds. The molecular weight excluding hydrogens is 1270 g/mol. The molecule has 7 aromatic rings. The van der Waals surface area contributed by atoms with Crippen LogP contribution in [0.1, 0.15) is 187 Å². The van der Waals surface area contributed by atoms with Crippen LogP contribution in [-0.2, 0) is 68.5 Å². The molecule has 0 unspecified atom stereocenters. The van der Waals surface area contributed by atoms with Gasteiger partial charge in [0.1, 0.15) is 43.0 Å². The Labute approximate surface area is 553 Å². The third-order valence-electron chi connectivity index (χ3n) is 12.8. The van der Waals surface area contributed by atoms with E-state index in [0.29, 0.717) is 92.1 Å². The molecule has 0 radical (unpaired) electrons. The van der Waals surface area contributed by atoms with E-state index in [-0.39, 0.29) is 115 Å². The van der Waals surface area contributed by atoms with Gasteiger partial charge in [0.25, 0.3) is 5.56 Å². The first-order chi connectivity index (χ1) is 42.2. The summed E-state index contributed by atoms with van der Waals surface area (Å²) in [5.41, 5.74) is 1.17. The second-order valence-corrected chi connectivity index (χ2v) is 22.2. The van der Waals surface area contributed by atoms with Crippen LogP contribution < -0.4 is 19.8 Å². The highest BCUT2D eigenvalue weighted by atomic mass is 35.5. The highest BCUT2D eigenvalue weighted by Crippen LogP contribution is 2.24. The molecule has 2 N–H and O–H groups in total. The van der Waals surface area contributed by atoms with Gasteiger partial charge in [0.05, 0.1) is 31.2 Å². The molecular formula is C67H98ClF9N8O9. The van der Waals surface area contributed by atoms with E-state index in [1.54, 1.807) is 23.2 Å². The molecule has 4 heterocycles. The lowest BCUT2D eigenvalue weighted by atomic mass is 10.1. The number of aliphatic hydroxyl groups excluding tert-OH is 1. The molecule has 0 spiro atoms. The van der Waals surface area contributed by atoms with Crippen LogP contribution in [0.4, 0.5) is 39.5 Å². The first-order valence-electron chi connectivity index (χ1n) is 29.4. The Hall–Kier alpha value is -7.74. The Morgan fingerprint density at radius 3 is 1.18 bits per heavy atom. The quantitative estimate of drug-likeness (QED) is 0.0268. The molecule has 0 aliphatic heterocycles. The van der Waals surface area contributed by atoms with E-state index in [1.165, 1.54) is 27.6 Å². The molecule has 530 valence electrons. The van der Waals surface area contributed by atoms with Crippen molar-refractivity contribution in [2.24, 2.45) is 23.7 Å². The first-order valence-corrected chi connectivity index (χ1v) is 29.4. The number of nitrogens with zero attached hydrogens (tertiary/aromatic N) is 7. The zero-order valence-electron chi connectivity index (χ0n) is 52.6. The minimum atomic E-state index is -1.27. The van der Waals surface area contributed by atoms with Crippen LogP contribution in [0.15, 0.2) is 65.5 Å². The SMILES string of the molecule is C.C.C.C.CC(C)CCn1nc(CO)cc1OCc1cc(F)c(F)cc1F.CCCc1cc(OCc2cc(F)c(F)cc2F)n(CCC(C)C)n1.CCOC(=O)c1cc(=O)n(CCC(C)C)[nH]1.CCOC(=O)c1cc(OCc2cc(F)c(F)cc2F)n(CCC(C)C)n1.Cl. The highest BCUT2D eigenvalue weighted by molar-refractivity contribution is 5.87. The van der Waals surface area contributed by atoms with Gasteiger partial charge in [-0.3, -0.25) is 14.6 Å². The summed E-state index contributed by atoms with van der Waals surface area (Å²) in [6, 6.07) is 9.85. The van der Waals surface area contributed by atoms with Crippen LogP contribution in [-0.4, -0.2) is 69.4 Å². The number of aromatic nitrogens is 8. The van der Waals surface area contributed by atoms with Gasteiger partial charge in [-0.1, -0.05) is 98.4 Å².